The number of rotatable bonds is 7. The van der Waals surface area contributed by atoms with Gasteiger partial charge in [0.1, 0.15) is 0 Å². The number of carbonyl (C=O) groups excluding carboxylic acids is 4. The smallest absolute Gasteiger partial charge is 0.338 e. The molecule has 10 heteroatoms. The first-order valence-electron chi connectivity index (χ1n) is 10.5. The van der Waals surface area contributed by atoms with Crippen molar-refractivity contribution in [2.75, 3.05) is 11.9 Å². The molecule has 0 unspecified atom stereocenters. The Morgan fingerprint density at radius 3 is 2.40 bits per heavy atom. The first-order valence-corrected chi connectivity index (χ1v) is 10.5. The number of fused-ring (bicyclic) bond motifs is 1. The molecule has 1 aliphatic heterocycles. The number of nitrogens with zero attached hydrogens (tertiary/aromatic N) is 2. The van der Waals surface area contributed by atoms with Crippen LogP contribution in [0.4, 0.5) is 11.4 Å². The number of amides is 3. The monoisotopic (exact) mass is 473 g/mol. The number of esters is 1. The van der Waals surface area contributed by atoms with Crippen LogP contribution in [-0.4, -0.2) is 40.1 Å². The lowest BCUT2D eigenvalue weighted by molar-refractivity contribution is -0.385. The van der Waals surface area contributed by atoms with Crippen molar-refractivity contribution in [2.45, 2.75) is 13.5 Å². The summed E-state index contributed by atoms with van der Waals surface area (Å²) in [4.78, 5) is 61.6. The Kier molecular flexibility index (Phi) is 6.36. The SMILES string of the molecule is Cc1ccc(NC(=O)COC(=O)c2ccc3c(c2)C(=O)N(Cc2ccccc2)C3=O)cc1[N+](=O)[O-]. The van der Waals surface area contributed by atoms with Crippen molar-refractivity contribution < 1.29 is 28.8 Å². The van der Waals surface area contributed by atoms with E-state index in [4.69, 9.17) is 4.74 Å². The van der Waals surface area contributed by atoms with E-state index < -0.39 is 35.2 Å². The number of carbonyl (C=O) groups is 4. The van der Waals surface area contributed by atoms with Gasteiger partial charge in [0.15, 0.2) is 6.61 Å². The number of aryl methyl sites for hydroxylation is 1. The fourth-order valence-corrected chi connectivity index (χ4v) is 3.62. The Morgan fingerprint density at radius 2 is 1.69 bits per heavy atom. The molecule has 0 spiro atoms. The van der Waals surface area contributed by atoms with E-state index in [2.05, 4.69) is 5.32 Å². The van der Waals surface area contributed by atoms with Gasteiger partial charge in [-0.05, 0) is 36.8 Å². The second-order valence-electron chi connectivity index (χ2n) is 7.83. The maximum atomic E-state index is 12.8. The van der Waals surface area contributed by atoms with Crippen LogP contribution in [0, 0.1) is 17.0 Å². The van der Waals surface area contributed by atoms with Crippen molar-refractivity contribution in [1.82, 2.24) is 4.90 Å². The highest BCUT2D eigenvalue weighted by atomic mass is 16.6. The van der Waals surface area contributed by atoms with Gasteiger partial charge in [-0.15, -0.1) is 0 Å². The van der Waals surface area contributed by atoms with Crippen LogP contribution < -0.4 is 5.32 Å². The Balaban J connectivity index is 1.40. The van der Waals surface area contributed by atoms with E-state index in [9.17, 15) is 29.3 Å². The fraction of sp³-hybridized carbons (Fsp3) is 0.120. The maximum absolute atomic E-state index is 12.8. The molecule has 0 saturated carbocycles. The minimum atomic E-state index is -0.861. The third-order valence-corrected chi connectivity index (χ3v) is 5.41. The molecule has 0 saturated heterocycles. The van der Waals surface area contributed by atoms with Gasteiger partial charge in [0.25, 0.3) is 23.4 Å². The zero-order valence-electron chi connectivity index (χ0n) is 18.5. The Bertz CT molecular complexity index is 1370. The van der Waals surface area contributed by atoms with Crippen LogP contribution in [0.3, 0.4) is 0 Å². The lowest BCUT2D eigenvalue weighted by Gasteiger charge is -2.13. The van der Waals surface area contributed by atoms with E-state index >= 15 is 0 Å². The molecule has 35 heavy (non-hydrogen) atoms. The zero-order valence-corrected chi connectivity index (χ0v) is 18.5. The second kappa shape index (κ2) is 9.56. The van der Waals surface area contributed by atoms with Crippen LogP contribution >= 0.6 is 0 Å². The van der Waals surface area contributed by atoms with Gasteiger partial charge in [-0.25, -0.2) is 4.79 Å². The van der Waals surface area contributed by atoms with Crippen LogP contribution in [0.2, 0.25) is 0 Å². The number of hydrogen-bond acceptors (Lipinski definition) is 7. The first kappa shape index (κ1) is 23.3. The molecule has 10 nitrogen and oxygen atoms in total. The van der Waals surface area contributed by atoms with E-state index in [-0.39, 0.29) is 34.6 Å². The van der Waals surface area contributed by atoms with Crippen LogP contribution in [-0.2, 0) is 16.1 Å². The number of nitrogens with one attached hydrogen (secondary N) is 1. The van der Waals surface area contributed by atoms with Gasteiger partial charge >= 0.3 is 5.97 Å². The summed E-state index contributed by atoms with van der Waals surface area (Å²) < 4.78 is 5.01. The van der Waals surface area contributed by atoms with Crippen molar-refractivity contribution in [3.63, 3.8) is 0 Å². The Morgan fingerprint density at radius 1 is 0.971 bits per heavy atom. The molecule has 0 fully saturated rings. The molecule has 4 rings (SSSR count). The summed E-state index contributed by atoms with van der Waals surface area (Å²) in [6.45, 7) is 1.02. The van der Waals surface area contributed by atoms with Gasteiger partial charge in [-0.3, -0.25) is 29.4 Å². The molecule has 176 valence electrons. The van der Waals surface area contributed by atoms with Gasteiger partial charge in [0.05, 0.1) is 28.2 Å². The molecular weight excluding hydrogens is 454 g/mol. The van der Waals surface area contributed by atoms with E-state index in [1.165, 1.54) is 36.4 Å². The lowest BCUT2D eigenvalue weighted by atomic mass is 10.1. The number of hydrogen-bond donors (Lipinski definition) is 1. The van der Waals surface area contributed by atoms with Crippen LogP contribution in [0.1, 0.15) is 42.2 Å². The third kappa shape index (κ3) is 4.91. The van der Waals surface area contributed by atoms with Crippen molar-refractivity contribution >= 4 is 35.1 Å². The molecule has 0 aliphatic carbocycles. The van der Waals surface area contributed by atoms with Crippen LogP contribution in [0.5, 0.6) is 0 Å². The van der Waals surface area contributed by atoms with Crippen LogP contribution in [0.15, 0.2) is 66.7 Å². The number of nitro benzene ring substituents is 1. The van der Waals surface area contributed by atoms with Crippen molar-refractivity contribution in [3.05, 3.63) is 105 Å². The van der Waals surface area contributed by atoms with Crippen LogP contribution in [0.25, 0.3) is 0 Å². The van der Waals surface area contributed by atoms with Crippen molar-refractivity contribution in [2.24, 2.45) is 0 Å². The molecule has 0 atom stereocenters. The number of imide groups is 1. The summed E-state index contributed by atoms with van der Waals surface area (Å²) in [5.74, 6) is -2.54. The first-order chi connectivity index (χ1) is 16.7. The standard InChI is InChI=1S/C25H19N3O7/c1-15-7-9-18(12-21(15)28(33)34)26-22(29)14-35-25(32)17-8-10-19-20(11-17)24(31)27(23(19)30)13-16-5-3-2-4-6-16/h2-12H,13-14H2,1H3,(H,26,29). The summed E-state index contributed by atoms with van der Waals surface area (Å²) in [6, 6.07) is 17.2. The topological polar surface area (TPSA) is 136 Å². The van der Waals surface area contributed by atoms with E-state index in [1.807, 2.05) is 6.07 Å². The predicted molar refractivity (Wildman–Crippen MR) is 124 cm³/mol. The molecule has 0 aromatic heterocycles. The van der Waals surface area contributed by atoms with Gasteiger partial charge < -0.3 is 10.1 Å². The van der Waals surface area contributed by atoms with Crippen molar-refractivity contribution in [3.8, 4) is 0 Å². The molecule has 3 aromatic rings. The predicted octanol–water partition coefficient (Wildman–Crippen LogP) is 3.49. The molecule has 3 aromatic carbocycles. The van der Waals surface area contributed by atoms with E-state index in [1.54, 1.807) is 31.2 Å². The number of ether oxygens (including phenoxy) is 1. The highest BCUT2D eigenvalue weighted by Gasteiger charge is 2.36. The average Bonchev–Trinajstić information content (AvgIpc) is 3.08. The second-order valence-corrected chi connectivity index (χ2v) is 7.83. The molecule has 1 N–H and O–H groups in total. The highest BCUT2D eigenvalue weighted by molar-refractivity contribution is 6.21. The zero-order chi connectivity index (χ0) is 25.1. The minimum Gasteiger partial charge on any atom is -0.452 e. The largest absolute Gasteiger partial charge is 0.452 e. The molecule has 1 heterocycles. The van der Waals surface area contributed by atoms with Gasteiger partial charge in [-0.2, -0.15) is 0 Å². The number of nitro groups is 1. The minimum absolute atomic E-state index is 0.00485. The van der Waals surface area contributed by atoms with E-state index in [0.29, 0.717) is 5.56 Å². The highest BCUT2D eigenvalue weighted by Crippen LogP contribution is 2.26. The molecule has 0 radical (unpaired) electrons. The average molecular weight is 473 g/mol. The summed E-state index contributed by atoms with van der Waals surface area (Å²) in [7, 11) is 0. The summed E-state index contributed by atoms with van der Waals surface area (Å²) >= 11 is 0. The van der Waals surface area contributed by atoms with Gasteiger partial charge in [0, 0.05) is 17.3 Å². The lowest BCUT2D eigenvalue weighted by Crippen LogP contribution is -2.29. The van der Waals surface area contributed by atoms with Gasteiger partial charge in [0.2, 0.25) is 0 Å². The fourth-order valence-electron chi connectivity index (χ4n) is 3.62. The number of benzene rings is 3. The van der Waals surface area contributed by atoms with Gasteiger partial charge in [-0.1, -0.05) is 36.4 Å². The normalized spacial score (nSPS) is 12.3. The van der Waals surface area contributed by atoms with E-state index in [0.717, 1.165) is 10.5 Å². The van der Waals surface area contributed by atoms with Crippen molar-refractivity contribution in [1.29, 1.82) is 0 Å². The quantitative estimate of drug-likeness (QED) is 0.240. The summed E-state index contributed by atoms with van der Waals surface area (Å²) in [5, 5.41) is 13.5. The molecule has 0 bridgehead atoms. The molecule has 3 amide bonds. The molecular formula is C25H19N3O7. The summed E-state index contributed by atoms with van der Waals surface area (Å²) in [6.07, 6.45) is 0. The maximum Gasteiger partial charge on any atom is 0.338 e. The Hall–Kier alpha value is -4.86. The Labute approximate surface area is 199 Å². The third-order valence-electron chi connectivity index (χ3n) is 5.41. The molecule has 1 aliphatic rings. The number of anilines is 1. The summed E-state index contributed by atoms with van der Waals surface area (Å²) in [5.41, 5.74) is 1.52.